The smallest absolute Gasteiger partial charge is 0.392 e. The molecule has 0 aliphatic heterocycles. The van der Waals surface area contributed by atoms with Gasteiger partial charge in [0.05, 0.1) is 0 Å². The maximum atomic E-state index is 5.80. The Kier molecular flexibility index (Phi) is 1.87. The topological polar surface area (TPSA) is 9.23 Å². The van der Waals surface area contributed by atoms with Crippen LogP contribution in [0.25, 0.3) is 0 Å². The van der Waals surface area contributed by atoms with Crippen molar-refractivity contribution in [1.29, 1.82) is 0 Å². The van der Waals surface area contributed by atoms with Crippen LogP contribution in [0.2, 0.25) is 5.54 Å². The standard InChI is InChI=1S/C4H8Cl2OSi/c1-7-8(5,6)4-2-3-4/h4H,2-3H2,1H3. The summed E-state index contributed by atoms with van der Waals surface area (Å²) >= 11 is 11.6. The fraction of sp³-hybridized carbons (Fsp3) is 1.00. The Morgan fingerprint density at radius 3 is 2.12 bits per heavy atom. The second kappa shape index (κ2) is 2.18. The van der Waals surface area contributed by atoms with Crippen LogP contribution in [-0.4, -0.2) is 14.0 Å². The fourth-order valence-corrected chi connectivity index (χ4v) is 3.07. The average Bonchev–Trinajstić information content (AvgIpc) is 2.44. The van der Waals surface area contributed by atoms with Gasteiger partial charge in [-0.2, -0.15) is 0 Å². The molecular weight excluding hydrogens is 163 g/mol. The van der Waals surface area contributed by atoms with Gasteiger partial charge in [-0.05, 0) is 12.8 Å². The van der Waals surface area contributed by atoms with Crippen molar-refractivity contribution in [2.24, 2.45) is 0 Å². The Morgan fingerprint density at radius 1 is 1.50 bits per heavy atom. The van der Waals surface area contributed by atoms with Crippen LogP contribution in [0.5, 0.6) is 0 Å². The van der Waals surface area contributed by atoms with Crippen molar-refractivity contribution in [2.45, 2.75) is 18.4 Å². The zero-order valence-corrected chi connectivity index (χ0v) is 7.17. The van der Waals surface area contributed by atoms with Crippen molar-refractivity contribution in [3.63, 3.8) is 0 Å². The van der Waals surface area contributed by atoms with Crippen LogP contribution in [0.15, 0.2) is 0 Å². The SMILES string of the molecule is CO[Si](Cl)(Cl)C1CC1. The van der Waals surface area contributed by atoms with Crippen LogP contribution in [-0.2, 0) is 4.43 Å². The lowest BCUT2D eigenvalue weighted by Gasteiger charge is -2.10. The summed E-state index contributed by atoms with van der Waals surface area (Å²) in [5.74, 6) is 0. The lowest BCUT2D eigenvalue weighted by atomic mass is 11.0. The van der Waals surface area contributed by atoms with Crippen molar-refractivity contribution in [3.05, 3.63) is 0 Å². The third kappa shape index (κ3) is 1.38. The van der Waals surface area contributed by atoms with Crippen LogP contribution in [0.4, 0.5) is 0 Å². The predicted molar refractivity (Wildman–Crippen MR) is 37.5 cm³/mol. The lowest BCUT2D eigenvalue weighted by molar-refractivity contribution is 0.425. The zero-order chi connectivity index (χ0) is 6.20. The summed E-state index contributed by atoms with van der Waals surface area (Å²) in [6.45, 7) is -2.20. The Morgan fingerprint density at radius 2 is 2.00 bits per heavy atom. The predicted octanol–water partition coefficient (Wildman–Crippen LogP) is 2.21. The van der Waals surface area contributed by atoms with E-state index >= 15 is 0 Å². The minimum atomic E-state index is -2.20. The molecule has 0 aromatic heterocycles. The first-order chi connectivity index (χ1) is 3.67. The summed E-state index contributed by atoms with van der Waals surface area (Å²) in [7, 11) is 1.59. The van der Waals surface area contributed by atoms with E-state index in [0.717, 1.165) is 12.8 Å². The first-order valence-electron chi connectivity index (χ1n) is 2.60. The third-order valence-corrected chi connectivity index (χ3v) is 6.17. The molecule has 48 valence electrons. The zero-order valence-electron chi connectivity index (χ0n) is 4.66. The lowest BCUT2D eigenvalue weighted by Crippen LogP contribution is -2.22. The van der Waals surface area contributed by atoms with E-state index in [4.69, 9.17) is 26.6 Å². The minimum Gasteiger partial charge on any atom is -0.395 e. The van der Waals surface area contributed by atoms with E-state index in [1.807, 2.05) is 0 Å². The molecule has 1 fully saturated rings. The van der Waals surface area contributed by atoms with Crippen molar-refractivity contribution in [3.8, 4) is 0 Å². The Labute approximate surface area is 59.5 Å². The van der Waals surface area contributed by atoms with E-state index < -0.39 is 6.94 Å². The van der Waals surface area contributed by atoms with Crippen molar-refractivity contribution in [1.82, 2.24) is 0 Å². The molecule has 1 aliphatic carbocycles. The molecule has 0 aromatic rings. The maximum absolute atomic E-state index is 5.80. The molecule has 0 bridgehead atoms. The summed E-state index contributed by atoms with van der Waals surface area (Å²) in [4.78, 5) is 0. The minimum absolute atomic E-state index is 0.510. The highest BCUT2D eigenvalue weighted by molar-refractivity contribution is 7.43. The number of hydrogen-bond donors (Lipinski definition) is 0. The highest BCUT2D eigenvalue weighted by Crippen LogP contribution is 2.49. The van der Waals surface area contributed by atoms with Gasteiger partial charge in [-0.25, -0.2) is 0 Å². The number of rotatable bonds is 2. The van der Waals surface area contributed by atoms with E-state index in [1.54, 1.807) is 7.11 Å². The van der Waals surface area contributed by atoms with Gasteiger partial charge in [-0.1, -0.05) is 0 Å². The molecule has 0 atom stereocenters. The Hall–Kier alpha value is 0.757. The van der Waals surface area contributed by atoms with E-state index in [1.165, 1.54) is 0 Å². The normalized spacial score (nSPS) is 21.4. The molecule has 1 saturated carbocycles. The molecular formula is C4H8Cl2OSi. The molecule has 8 heavy (non-hydrogen) atoms. The summed E-state index contributed by atoms with van der Waals surface area (Å²) in [5, 5.41) is 0. The second-order valence-electron chi connectivity index (χ2n) is 2.04. The first kappa shape index (κ1) is 6.87. The molecule has 0 spiro atoms. The van der Waals surface area contributed by atoms with Gasteiger partial charge in [0.25, 0.3) is 0 Å². The Balaban J connectivity index is 2.37. The van der Waals surface area contributed by atoms with E-state index in [-0.39, 0.29) is 0 Å². The van der Waals surface area contributed by atoms with Crippen LogP contribution in [0.1, 0.15) is 12.8 Å². The van der Waals surface area contributed by atoms with Gasteiger partial charge in [0.1, 0.15) is 0 Å². The first-order valence-corrected chi connectivity index (χ1v) is 6.60. The van der Waals surface area contributed by atoms with Gasteiger partial charge in [0, 0.05) is 12.7 Å². The van der Waals surface area contributed by atoms with E-state index in [2.05, 4.69) is 0 Å². The molecule has 0 amide bonds. The van der Waals surface area contributed by atoms with Crippen LogP contribution in [0.3, 0.4) is 0 Å². The van der Waals surface area contributed by atoms with Crippen LogP contribution < -0.4 is 0 Å². The maximum Gasteiger partial charge on any atom is 0.392 e. The highest BCUT2D eigenvalue weighted by atomic mass is 35.7. The summed E-state index contributed by atoms with van der Waals surface area (Å²) in [5.41, 5.74) is 0.510. The second-order valence-corrected chi connectivity index (χ2v) is 8.34. The van der Waals surface area contributed by atoms with Crippen molar-refractivity contribution < 1.29 is 4.43 Å². The van der Waals surface area contributed by atoms with Crippen molar-refractivity contribution >= 4 is 29.1 Å². The largest absolute Gasteiger partial charge is 0.395 e. The van der Waals surface area contributed by atoms with Gasteiger partial charge >= 0.3 is 6.94 Å². The van der Waals surface area contributed by atoms with Crippen LogP contribution >= 0.6 is 22.2 Å². The molecule has 0 saturated heterocycles. The quantitative estimate of drug-likeness (QED) is 0.457. The Bertz CT molecular complexity index is 92.0. The monoisotopic (exact) mass is 170 g/mol. The number of halogens is 2. The summed E-state index contributed by atoms with van der Waals surface area (Å²) < 4.78 is 4.93. The van der Waals surface area contributed by atoms with Gasteiger partial charge in [-0.15, -0.1) is 22.2 Å². The van der Waals surface area contributed by atoms with E-state index in [0.29, 0.717) is 5.54 Å². The van der Waals surface area contributed by atoms with Crippen LogP contribution in [0, 0.1) is 0 Å². The molecule has 0 N–H and O–H groups in total. The summed E-state index contributed by atoms with van der Waals surface area (Å²) in [6.07, 6.45) is 2.32. The molecule has 0 radical (unpaired) electrons. The molecule has 1 nitrogen and oxygen atoms in total. The molecule has 1 rings (SSSR count). The number of hydrogen-bond acceptors (Lipinski definition) is 1. The summed E-state index contributed by atoms with van der Waals surface area (Å²) in [6, 6.07) is 0. The highest BCUT2D eigenvalue weighted by Gasteiger charge is 2.46. The van der Waals surface area contributed by atoms with Gasteiger partial charge in [0.2, 0.25) is 0 Å². The van der Waals surface area contributed by atoms with Crippen molar-refractivity contribution in [2.75, 3.05) is 7.11 Å². The van der Waals surface area contributed by atoms with Gasteiger partial charge in [-0.3, -0.25) is 0 Å². The fourth-order valence-electron chi connectivity index (χ4n) is 0.586. The molecule has 4 heteroatoms. The molecule has 0 aromatic carbocycles. The molecule has 0 heterocycles. The van der Waals surface area contributed by atoms with Gasteiger partial charge in [0.15, 0.2) is 0 Å². The van der Waals surface area contributed by atoms with E-state index in [9.17, 15) is 0 Å². The average molecular weight is 171 g/mol. The molecule has 1 aliphatic rings. The molecule has 0 unspecified atom stereocenters. The third-order valence-electron chi connectivity index (χ3n) is 1.32. The van der Waals surface area contributed by atoms with Gasteiger partial charge < -0.3 is 4.43 Å².